The smallest absolute Gasteiger partial charge is 0.310 e. The number of nitrogens with one attached hydrogen (secondary N) is 1. The lowest BCUT2D eigenvalue weighted by atomic mass is 10.0. The van der Waals surface area contributed by atoms with Crippen LogP contribution < -0.4 is 5.32 Å². The van der Waals surface area contributed by atoms with Crippen molar-refractivity contribution in [3.05, 3.63) is 47.3 Å². The van der Waals surface area contributed by atoms with E-state index in [1.54, 1.807) is 37.4 Å². The number of carbonyl (C=O) groups is 2. The van der Waals surface area contributed by atoms with Crippen molar-refractivity contribution in [3.8, 4) is 0 Å². The van der Waals surface area contributed by atoms with E-state index >= 15 is 0 Å². The molecule has 0 bridgehead atoms. The molecule has 0 aliphatic carbocycles. The third kappa shape index (κ3) is 4.01. The normalized spacial score (nSPS) is 12.2. The molecule has 0 saturated carbocycles. The summed E-state index contributed by atoms with van der Waals surface area (Å²) in [4.78, 5) is 23.4. The number of anilines is 1. The van der Waals surface area contributed by atoms with Crippen LogP contribution in [0.4, 0.5) is 5.69 Å². The van der Waals surface area contributed by atoms with Crippen molar-refractivity contribution in [2.45, 2.75) is 40.2 Å². The summed E-state index contributed by atoms with van der Waals surface area (Å²) >= 11 is 0. The van der Waals surface area contributed by atoms with Crippen molar-refractivity contribution < 1.29 is 14.7 Å². The molecular weight excluding hydrogens is 306 g/mol. The fourth-order valence-corrected chi connectivity index (χ4v) is 2.40. The third-order valence-corrected chi connectivity index (χ3v) is 3.92. The molecule has 0 radical (unpaired) electrons. The predicted octanol–water partition coefficient (Wildman–Crippen LogP) is 3.29. The van der Waals surface area contributed by atoms with Gasteiger partial charge in [-0.15, -0.1) is 0 Å². The predicted molar refractivity (Wildman–Crippen MR) is 92.2 cm³/mol. The highest BCUT2D eigenvalue weighted by molar-refractivity contribution is 6.04. The van der Waals surface area contributed by atoms with Gasteiger partial charge in [-0.2, -0.15) is 5.10 Å². The minimum Gasteiger partial charge on any atom is -0.481 e. The molecule has 0 saturated heterocycles. The highest BCUT2D eigenvalue weighted by Crippen LogP contribution is 2.19. The van der Waals surface area contributed by atoms with Crippen LogP contribution in [-0.2, 0) is 11.3 Å². The Morgan fingerprint density at radius 3 is 2.38 bits per heavy atom. The van der Waals surface area contributed by atoms with Crippen LogP contribution in [0.5, 0.6) is 0 Å². The first-order valence-electron chi connectivity index (χ1n) is 7.96. The first kappa shape index (κ1) is 17.7. The Morgan fingerprint density at radius 2 is 1.83 bits per heavy atom. The number of rotatable bonds is 6. The number of aromatic nitrogens is 2. The number of benzene rings is 1. The van der Waals surface area contributed by atoms with E-state index in [4.69, 9.17) is 5.11 Å². The van der Waals surface area contributed by atoms with E-state index in [9.17, 15) is 9.59 Å². The fourth-order valence-electron chi connectivity index (χ4n) is 2.40. The van der Waals surface area contributed by atoms with Gasteiger partial charge in [0.2, 0.25) is 0 Å². The van der Waals surface area contributed by atoms with E-state index in [-0.39, 0.29) is 5.91 Å². The van der Waals surface area contributed by atoms with Gasteiger partial charge >= 0.3 is 5.97 Å². The van der Waals surface area contributed by atoms with E-state index < -0.39 is 11.9 Å². The molecule has 2 N–H and O–H groups in total. The van der Waals surface area contributed by atoms with Crippen LogP contribution in [0.2, 0.25) is 0 Å². The van der Waals surface area contributed by atoms with Crippen molar-refractivity contribution in [2.75, 3.05) is 5.32 Å². The molecule has 24 heavy (non-hydrogen) atoms. The van der Waals surface area contributed by atoms with E-state index in [1.807, 2.05) is 11.6 Å². The SMILES string of the molecule is Cc1c(C(=O)Nc2ccc(C(C)C(=O)O)cc2)cnn1CC(C)C. The summed E-state index contributed by atoms with van der Waals surface area (Å²) in [6.07, 6.45) is 1.58. The van der Waals surface area contributed by atoms with Crippen LogP contribution in [0.25, 0.3) is 0 Å². The summed E-state index contributed by atoms with van der Waals surface area (Å²) in [5.74, 6) is -1.23. The van der Waals surface area contributed by atoms with Crippen LogP contribution in [0.1, 0.15) is 48.3 Å². The lowest BCUT2D eigenvalue weighted by molar-refractivity contribution is -0.138. The maximum absolute atomic E-state index is 12.4. The molecule has 128 valence electrons. The topological polar surface area (TPSA) is 84.2 Å². The van der Waals surface area contributed by atoms with E-state index in [0.717, 1.165) is 12.2 Å². The zero-order chi connectivity index (χ0) is 17.9. The second kappa shape index (κ2) is 7.29. The van der Waals surface area contributed by atoms with Gasteiger partial charge in [0, 0.05) is 17.9 Å². The van der Waals surface area contributed by atoms with Gasteiger partial charge in [-0.3, -0.25) is 14.3 Å². The minimum absolute atomic E-state index is 0.221. The number of carboxylic acids is 1. The van der Waals surface area contributed by atoms with Gasteiger partial charge in [-0.05, 0) is 37.5 Å². The van der Waals surface area contributed by atoms with Gasteiger partial charge in [-0.25, -0.2) is 0 Å². The minimum atomic E-state index is -0.875. The van der Waals surface area contributed by atoms with Crippen LogP contribution >= 0.6 is 0 Å². The Kier molecular flexibility index (Phi) is 5.39. The maximum atomic E-state index is 12.4. The number of hydrogen-bond acceptors (Lipinski definition) is 3. The average molecular weight is 329 g/mol. The first-order valence-corrected chi connectivity index (χ1v) is 7.96. The molecule has 0 aliphatic rings. The summed E-state index contributed by atoms with van der Waals surface area (Å²) in [5, 5.41) is 16.1. The van der Waals surface area contributed by atoms with Crippen molar-refractivity contribution in [2.24, 2.45) is 5.92 Å². The van der Waals surface area contributed by atoms with Gasteiger partial charge in [0.1, 0.15) is 0 Å². The van der Waals surface area contributed by atoms with Crippen LogP contribution in [0.3, 0.4) is 0 Å². The molecule has 1 aromatic carbocycles. The van der Waals surface area contributed by atoms with Crippen LogP contribution in [0, 0.1) is 12.8 Å². The number of aliphatic carboxylic acids is 1. The molecule has 2 aromatic rings. The highest BCUT2D eigenvalue weighted by atomic mass is 16.4. The Morgan fingerprint density at radius 1 is 1.21 bits per heavy atom. The van der Waals surface area contributed by atoms with Gasteiger partial charge in [0.15, 0.2) is 0 Å². The summed E-state index contributed by atoms with van der Waals surface area (Å²) < 4.78 is 1.83. The van der Waals surface area contributed by atoms with Crippen molar-refractivity contribution >= 4 is 17.6 Å². The molecule has 1 heterocycles. The van der Waals surface area contributed by atoms with Crippen molar-refractivity contribution in [1.82, 2.24) is 9.78 Å². The van der Waals surface area contributed by atoms with E-state index in [1.165, 1.54) is 0 Å². The summed E-state index contributed by atoms with van der Waals surface area (Å²) in [6.45, 7) is 8.46. The van der Waals surface area contributed by atoms with Crippen LogP contribution in [-0.4, -0.2) is 26.8 Å². The Labute approximate surface area is 141 Å². The fraction of sp³-hybridized carbons (Fsp3) is 0.389. The molecular formula is C18H23N3O3. The molecule has 0 fully saturated rings. The van der Waals surface area contributed by atoms with Gasteiger partial charge in [0.05, 0.1) is 17.7 Å². The quantitative estimate of drug-likeness (QED) is 0.852. The number of amides is 1. The molecule has 1 atom stereocenters. The summed E-state index contributed by atoms with van der Waals surface area (Å²) in [7, 11) is 0. The van der Waals surface area contributed by atoms with E-state index in [2.05, 4.69) is 24.3 Å². The highest BCUT2D eigenvalue weighted by Gasteiger charge is 2.16. The molecule has 6 nitrogen and oxygen atoms in total. The standard InChI is InChI=1S/C18H23N3O3/c1-11(2)10-21-13(4)16(9-19-21)17(22)20-15-7-5-14(6-8-15)12(3)18(23)24/h5-9,11-12H,10H2,1-4H3,(H,20,22)(H,23,24). The molecule has 1 unspecified atom stereocenters. The maximum Gasteiger partial charge on any atom is 0.310 e. The lowest BCUT2D eigenvalue weighted by Crippen LogP contribution is -2.14. The van der Waals surface area contributed by atoms with Gasteiger partial charge < -0.3 is 10.4 Å². The van der Waals surface area contributed by atoms with Crippen molar-refractivity contribution in [3.63, 3.8) is 0 Å². The molecule has 1 aromatic heterocycles. The second-order valence-corrected chi connectivity index (χ2v) is 6.36. The number of hydrogen-bond donors (Lipinski definition) is 2. The van der Waals surface area contributed by atoms with Gasteiger partial charge in [0.25, 0.3) is 5.91 Å². The number of carbonyl (C=O) groups excluding carboxylic acids is 1. The first-order chi connectivity index (χ1) is 11.3. The lowest BCUT2D eigenvalue weighted by Gasteiger charge is -2.10. The van der Waals surface area contributed by atoms with Gasteiger partial charge in [-0.1, -0.05) is 26.0 Å². The summed E-state index contributed by atoms with van der Waals surface area (Å²) in [6, 6.07) is 6.84. The molecule has 0 aliphatic heterocycles. The molecule has 1 amide bonds. The largest absolute Gasteiger partial charge is 0.481 e. The Bertz CT molecular complexity index is 732. The molecule has 0 spiro atoms. The number of carboxylic acid groups (broad SMARTS) is 1. The second-order valence-electron chi connectivity index (χ2n) is 6.36. The average Bonchev–Trinajstić information content (AvgIpc) is 2.87. The summed E-state index contributed by atoms with van der Waals surface area (Å²) in [5.41, 5.74) is 2.69. The van der Waals surface area contributed by atoms with Crippen LogP contribution in [0.15, 0.2) is 30.5 Å². The molecule has 2 rings (SSSR count). The monoisotopic (exact) mass is 329 g/mol. The van der Waals surface area contributed by atoms with E-state index in [0.29, 0.717) is 22.7 Å². The zero-order valence-corrected chi connectivity index (χ0v) is 14.4. The Hall–Kier alpha value is -2.63. The Balaban J connectivity index is 2.10. The van der Waals surface area contributed by atoms with Crippen molar-refractivity contribution in [1.29, 1.82) is 0 Å². The third-order valence-electron chi connectivity index (χ3n) is 3.92. The zero-order valence-electron chi connectivity index (χ0n) is 14.4. The molecule has 6 heteroatoms. The number of nitrogens with zero attached hydrogens (tertiary/aromatic N) is 2.